The molecule has 130 valence electrons. The van der Waals surface area contributed by atoms with E-state index in [0.717, 1.165) is 50.2 Å². The number of hydrogen-bond acceptors (Lipinski definition) is 4. The number of carboxylic acid groups (broad SMARTS) is 1. The Morgan fingerprint density at radius 1 is 1.33 bits per heavy atom. The molecule has 2 heterocycles. The van der Waals surface area contributed by atoms with Gasteiger partial charge in [-0.1, -0.05) is 18.2 Å². The van der Waals surface area contributed by atoms with Gasteiger partial charge in [0, 0.05) is 23.5 Å². The fourth-order valence-electron chi connectivity index (χ4n) is 3.72. The molecule has 0 bridgehead atoms. The highest BCUT2D eigenvalue weighted by atomic mass is 16.4. The summed E-state index contributed by atoms with van der Waals surface area (Å²) >= 11 is 0. The maximum absolute atomic E-state index is 10.9. The molecule has 5 heteroatoms. The summed E-state index contributed by atoms with van der Waals surface area (Å²) in [7, 11) is 1.92. The van der Waals surface area contributed by atoms with Gasteiger partial charge in [-0.25, -0.2) is 0 Å². The minimum atomic E-state index is -0.751. The Bertz CT molecular complexity index is 710. The Hall–Kier alpha value is -1.85. The van der Waals surface area contributed by atoms with Crippen molar-refractivity contribution < 1.29 is 14.3 Å². The number of carbonyl (C=O) groups is 1. The number of nitrogens with zero attached hydrogens (tertiary/aromatic N) is 2. The van der Waals surface area contributed by atoms with Gasteiger partial charge in [-0.3, -0.25) is 14.6 Å². The fraction of sp³-hybridized carbons (Fsp3) is 0.526. The SMILES string of the molecule is Cc1oc2ccccc2c1CN1CCCC(N(C)CC(=O)O)CC1. The lowest BCUT2D eigenvalue weighted by atomic mass is 10.1. The largest absolute Gasteiger partial charge is 0.480 e. The van der Waals surface area contributed by atoms with Crippen molar-refractivity contribution >= 4 is 16.9 Å². The van der Waals surface area contributed by atoms with Gasteiger partial charge in [0.2, 0.25) is 0 Å². The third-order valence-corrected chi connectivity index (χ3v) is 5.08. The van der Waals surface area contributed by atoms with E-state index in [1.54, 1.807) is 0 Å². The van der Waals surface area contributed by atoms with Crippen molar-refractivity contribution in [3.63, 3.8) is 0 Å². The zero-order valence-electron chi connectivity index (χ0n) is 14.5. The third-order valence-electron chi connectivity index (χ3n) is 5.08. The molecule has 1 fully saturated rings. The molecule has 1 atom stereocenters. The second-order valence-corrected chi connectivity index (χ2v) is 6.80. The number of furan rings is 1. The number of aliphatic carboxylic acids is 1. The molecule has 3 rings (SSSR count). The molecule has 0 aliphatic carbocycles. The minimum Gasteiger partial charge on any atom is -0.480 e. The third kappa shape index (κ3) is 3.79. The zero-order valence-corrected chi connectivity index (χ0v) is 14.5. The number of rotatable bonds is 5. The van der Waals surface area contributed by atoms with Crippen molar-refractivity contribution in [1.82, 2.24) is 9.80 Å². The van der Waals surface area contributed by atoms with Gasteiger partial charge >= 0.3 is 5.97 Å². The van der Waals surface area contributed by atoms with Gasteiger partial charge in [0.25, 0.3) is 0 Å². The second-order valence-electron chi connectivity index (χ2n) is 6.80. The average molecular weight is 330 g/mol. The number of likely N-dealkylation sites (N-methyl/N-ethyl adjacent to an activating group) is 1. The van der Waals surface area contributed by atoms with Crippen LogP contribution in [0.15, 0.2) is 28.7 Å². The lowest BCUT2D eigenvalue weighted by molar-refractivity contribution is -0.138. The van der Waals surface area contributed by atoms with Crippen LogP contribution in [0.4, 0.5) is 0 Å². The summed E-state index contributed by atoms with van der Waals surface area (Å²) in [5, 5.41) is 10.2. The van der Waals surface area contributed by atoms with Crippen LogP contribution in [0.5, 0.6) is 0 Å². The summed E-state index contributed by atoms with van der Waals surface area (Å²) in [5.41, 5.74) is 2.24. The molecular formula is C19H26N2O3. The highest BCUT2D eigenvalue weighted by Crippen LogP contribution is 2.27. The Balaban J connectivity index is 1.66. The summed E-state index contributed by atoms with van der Waals surface area (Å²) in [6.07, 6.45) is 3.17. The Labute approximate surface area is 142 Å². The molecular weight excluding hydrogens is 304 g/mol. The van der Waals surface area contributed by atoms with E-state index in [4.69, 9.17) is 9.52 Å². The molecule has 0 spiro atoms. The van der Waals surface area contributed by atoms with E-state index >= 15 is 0 Å². The second kappa shape index (κ2) is 7.36. The monoisotopic (exact) mass is 330 g/mol. The van der Waals surface area contributed by atoms with E-state index in [1.165, 1.54) is 10.9 Å². The number of hydrogen-bond donors (Lipinski definition) is 1. The molecule has 1 saturated heterocycles. The normalized spacial score (nSPS) is 19.7. The van der Waals surface area contributed by atoms with Crippen molar-refractivity contribution in [2.24, 2.45) is 0 Å². The molecule has 2 aromatic rings. The summed E-state index contributed by atoms with van der Waals surface area (Å²) < 4.78 is 5.87. The summed E-state index contributed by atoms with van der Waals surface area (Å²) in [6.45, 7) is 5.11. The molecule has 1 N–H and O–H groups in total. The number of aryl methyl sites for hydroxylation is 1. The first-order chi connectivity index (χ1) is 11.5. The van der Waals surface area contributed by atoms with Gasteiger partial charge < -0.3 is 9.52 Å². The molecule has 1 aliphatic rings. The smallest absolute Gasteiger partial charge is 0.317 e. The maximum Gasteiger partial charge on any atom is 0.317 e. The van der Waals surface area contributed by atoms with E-state index in [9.17, 15) is 4.79 Å². The highest BCUT2D eigenvalue weighted by molar-refractivity contribution is 5.82. The number of carboxylic acids is 1. The number of fused-ring (bicyclic) bond motifs is 1. The molecule has 24 heavy (non-hydrogen) atoms. The summed E-state index contributed by atoms with van der Waals surface area (Å²) in [6, 6.07) is 8.56. The maximum atomic E-state index is 10.9. The van der Waals surface area contributed by atoms with Crippen molar-refractivity contribution in [3.05, 3.63) is 35.6 Å². The minimum absolute atomic E-state index is 0.121. The van der Waals surface area contributed by atoms with Crippen LogP contribution in [0, 0.1) is 6.92 Å². The van der Waals surface area contributed by atoms with Gasteiger partial charge in [-0.2, -0.15) is 0 Å². The lowest BCUT2D eigenvalue weighted by Crippen LogP contribution is -2.36. The predicted octanol–water partition coefficient (Wildman–Crippen LogP) is 3.11. The number of benzene rings is 1. The van der Waals surface area contributed by atoms with E-state index in [2.05, 4.69) is 17.0 Å². The van der Waals surface area contributed by atoms with E-state index in [1.807, 2.05) is 31.0 Å². The Morgan fingerprint density at radius 2 is 2.12 bits per heavy atom. The number of para-hydroxylation sites is 1. The molecule has 1 unspecified atom stereocenters. The molecule has 0 saturated carbocycles. The standard InChI is InChI=1S/C19H26N2O3/c1-14-17(16-7-3-4-8-18(16)24-14)12-21-10-5-6-15(9-11-21)20(2)13-19(22)23/h3-4,7-8,15H,5-6,9-13H2,1-2H3,(H,22,23). The van der Waals surface area contributed by atoms with Crippen molar-refractivity contribution in [2.75, 3.05) is 26.7 Å². The van der Waals surface area contributed by atoms with Crippen molar-refractivity contribution in [1.29, 1.82) is 0 Å². The topological polar surface area (TPSA) is 56.9 Å². The summed E-state index contributed by atoms with van der Waals surface area (Å²) in [5.74, 6) is 0.249. The number of likely N-dealkylation sites (tertiary alicyclic amines) is 1. The molecule has 1 aromatic heterocycles. The zero-order chi connectivity index (χ0) is 17.1. The molecule has 0 amide bonds. The molecule has 1 aromatic carbocycles. The first-order valence-corrected chi connectivity index (χ1v) is 8.66. The Kier molecular flexibility index (Phi) is 5.21. The van der Waals surface area contributed by atoms with Gasteiger partial charge in [-0.15, -0.1) is 0 Å². The van der Waals surface area contributed by atoms with Crippen LogP contribution in [0.2, 0.25) is 0 Å². The van der Waals surface area contributed by atoms with Gasteiger partial charge in [0.05, 0.1) is 6.54 Å². The van der Waals surface area contributed by atoms with Crippen LogP contribution >= 0.6 is 0 Å². The van der Waals surface area contributed by atoms with Crippen LogP contribution < -0.4 is 0 Å². The van der Waals surface area contributed by atoms with Gasteiger partial charge in [0.1, 0.15) is 11.3 Å². The Morgan fingerprint density at radius 3 is 2.92 bits per heavy atom. The fourth-order valence-corrected chi connectivity index (χ4v) is 3.72. The first kappa shape index (κ1) is 17.0. The van der Waals surface area contributed by atoms with Gasteiger partial charge in [0.15, 0.2) is 0 Å². The summed E-state index contributed by atoms with van der Waals surface area (Å²) in [4.78, 5) is 15.4. The highest BCUT2D eigenvalue weighted by Gasteiger charge is 2.23. The molecule has 5 nitrogen and oxygen atoms in total. The van der Waals surface area contributed by atoms with Crippen LogP contribution in [0.3, 0.4) is 0 Å². The molecule has 0 radical (unpaired) electrons. The van der Waals surface area contributed by atoms with E-state index in [-0.39, 0.29) is 6.54 Å². The quantitative estimate of drug-likeness (QED) is 0.913. The molecule has 1 aliphatic heterocycles. The lowest BCUT2D eigenvalue weighted by Gasteiger charge is -2.25. The van der Waals surface area contributed by atoms with Gasteiger partial charge in [-0.05, 0) is 52.4 Å². The predicted molar refractivity (Wildman–Crippen MR) is 94.1 cm³/mol. The van der Waals surface area contributed by atoms with E-state index in [0.29, 0.717) is 6.04 Å². The van der Waals surface area contributed by atoms with Crippen molar-refractivity contribution in [2.45, 2.75) is 38.8 Å². The van der Waals surface area contributed by atoms with Crippen LogP contribution in [0.1, 0.15) is 30.6 Å². The average Bonchev–Trinajstić information content (AvgIpc) is 2.71. The first-order valence-electron chi connectivity index (χ1n) is 8.66. The van der Waals surface area contributed by atoms with E-state index < -0.39 is 5.97 Å². The van der Waals surface area contributed by atoms with Crippen LogP contribution in [-0.2, 0) is 11.3 Å². The van der Waals surface area contributed by atoms with Crippen molar-refractivity contribution in [3.8, 4) is 0 Å². The van der Waals surface area contributed by atoms with Crippen LogP contribution in [0.25, 0.3) is 11.0 Å². The van der Waals surface area contributed by atoms with Crippen LogP contribution in [-0.4, -0.2) is 53.6 Å².